The number of fused-ring (bicyclic) bond motifs is 1. The average molecular weight is 225 g/mol. The second kappa shape index (κ2) is 4.49. The lowest BCUT2D eigenvalue weighted by Crippen LogP contribution is -2.31. The lowest BCUT2D eigenvalue weighted by atomic mass is 9.97. The van der Waals surface area contributed by atoms with E-state index in [0.717, 1.165) is 5.56 Å². The monoisotopic (exact) mass is 225 g/mol. The van der Waals surface area contributed by atoms with Gasteiger partial charge in [-0.05, 0) is 18.1 Å². The molecule has 0 aliphatic carbocycles. The Hall–Kier alpha value is -1.62. The predicted octanol–water partition coefficient (Wildman–Crippen LogP) is 1.71. The van der Waals surface area contributed by atoms with Crippen LogP contribution in [0.15, 0.2) is 18.2 Å². The van der Waals surface area contributed by atoms with Crippen LogP contribution in [0, 0.1) is 5.82 Å². The number of hydrogen-bond acceptors (Lipinski definition) is 2. The molecule has 0 fully saturated rings. The second-order valence-electron chi connectivity index (χ2n) is 3.61. The van der Waals surface area contributed by atoms with Gasteiger partial charge in [-0.1, -0.05) is 12.1 Å². The van der Waals surface area contributed by atoms with Crippen LogP contribution < -0.4 is 5.32 Å². The maximum absolute atomic E-state index is 13.6. The molecule has 1 amide bonds. The molecule has 0 aromatic heterocycles. The summed E-state index contributed by atoms with van der Waals surface area (Å²) in [6, 6.07) is 4.86. The molecule has 1 heterocycles. The normalized spacial score (nSPS) is 18.9. The Labute approximate surface area is 92.0 Å². The molecule has 1 atom stereocenters. The highest BCUT2D eigenvalue weighted by Gasteiger charge is 2.24. The van der Waals surface area contributed by atoms with Crippen LogP contribution in [0.2, 0.25) is 0 Å². The molecule has 2 N–H and O–H groups in total. The second-order valence-corrected chi connectivity index (χ2v) is 3.61. The van der Waals surface area contributed by atoms with Crippen LogP contribution in [0.5, 0.6) is 0 Å². The number of rotatable bonds is 2. The van der Waals surface area contributed by atoms with Crippen LogP contribution >= 0.6 is 0 Å². The molecule has 1 aliphatic rings. The highest BCUT2D eigenvalue weighted by Crippen LogP contribution is 2.28. The molecule has 0 saturated carbocycles. The topological polar surface area (TPSA) is 58.6 Å². The van der Waals surface area contributed by atoms with Gasteiger partial charge in [-0.2, -0.15) is 0 Å². The maximum Gasteiger partial charge on any atom is 0.404 e. The molecule has 0 saturated heterocycles. The summed E-state index contributed by atoms with van der Waals surface area (Å²) >= 11 is 0. The molecule has 1 aromatic carbocycles. The standard InChI is InChI=1S/C11H12FNO3/c12-8-3-1-2-7-4-5-16-9(10(7)8)6-13-11(14)15/h1-3,9,13H,4-6H2,(H,14,15). The van der Waals surface area contributed by atoms with E-state index >= 15 is 0 Å². The number of carboxylic acid groups (broad SMARTS) is 1. The first kappa shape index (κ1) is 10.9. The first-order valence-corrected chi connectivity index (χ1v) is 5.04. The fourth-order valence-electron chi connectivity index (χ4n) is 1.90. The largest absolute Gasteiger partial charge is 0.465 e. The van der Waals surface area contributed by atoms with E-state index in [1.54, 1.807) is 6.07 Å². The zero-order valence-corrected chi connectivity index (χ0v) is 8.57. The molecule has 1 aromatic rings. The van der Waals surface area contributed by atoms with Crippen LogP contribution in [0.1, 0.15) is 17.2 Å². The summed E-state index contributed by atoms with van der Waals surface area (Å²) < 4.78 is 19.0. The summed E-state index contributed by atoms with van der Waals surface area (Å²) in [5.74, 6) is -0.339. The molecule has 2 rings (SSSR count). The molecule has 16 heavy (non-hydrogen) atoms. The lowest BCUT2D eigenvalue weighted by molar-refractivity contribution is 0.0399. The van der Waals surface area contributed by atoms with Gasteiger partial charge >= 0.3 is 6.09 Å². The summed E-state index contributed by atoms with van der Waals surface area (Å²) in [6.45, 7) is 0.561. The molecule has 0 bridgehead atoms. The number of hydrogen-bond donors (Lipinski definition) is 2. The Bertz CT molecular complexity index is 408. The first-order valence-electron chi connectivity index (χ1n) is 5.04. The lowest BCUT2D eigenvalue weighted by Gasteiger charge is -2.26. The SMILES string of the molecule is O=C(O)NCC1OCCc2cccc(F)c21. The number of amides is 1. The minimum absolute atomic E-state index is 0.0727. The fourth-order valence-corrected chi connectivity index (χ4v) is 1.90. The van der Waals surface area contributed by atoms with Crippen molar-refractivity contribution in [2.75, 3.05) is 13.2 Å². The molecule has 4 nitrogen and oxygen atoms in total. The van der Waals surface area contributed by atoms with Crippen LogP contribution in [0.25, 0.3) is 0 Å². The zero-order valence-electron chi connectivity index (χ0n) is 8.57. The Morgan fingerprint density at radius 2 is 2.44 bits per heavy atom. The van der Waals surface area contributed by atoms with Gasteiger partial charge in [0.1, 0.15) is 11.9 Å². The smallest absolute Gasteiger partial charge is 0.404 e. The third-order valence-electron chi connectivity index (χ3n) is 2.59. The van der Waals surface area contributed by atoms with Crippen molar-refractivity contribution in [3.05, 3.63) is 35.1 Å². The Kier molecular flexibility index (Phi) is 3.05. The van der Waals surface area contributed by atoms with Gasteiger partial charge in [-0.25, -0.2) is 9.18 Å². The number of ether oxygens (including phenoxy) is 1. The number of nitrogens with one attached hydrogen (secondary N) is 1. The van der Waals surface area contributed by atoms with Gasteiger partial charge < -0.3 is 15.2 Å². The Morgan fingerprint density at radius 1 is 1.62 bits per heavy atom. The molecular formula is C11H12FNO3. The quantitative estimate of drug-likeness (QED) is 0.805. The van der Waals surface area contributed by atoms with Crippen LogP contribution in [-0.4, -0.2) is 24.4 Å². The third kappa shape index (κ3) is 2.14. The van der Waals surface area contributed by atoms with E-state index in [0.29, 0.717) is 18.6 Å². The number of benzene rings is 1. The van der Waals surface area contributed by atoms with E-state index in [1.807, 2.05) is 6.07 Å². The van der Waals surface area contributed by atoms with Crippen molar-refractivity contribution in [3.63, 3.8) is 0 Å². The highest BCUT2D eigenvalue weighted by atomic mass is 19.1. The van der Waals surface area contributed by atoms with E-state index in [4.69, 9.17) is 9.84 Å². The molecule has 1 unspecified atom stereocenters. The Morgan fingerprint density at radius 3 is 3.19 bits per heavy atom. The minimum Gasteiger partial charge on any atom is -0.465 e. The van der Waals surface area contributed by atoms with Crippen LogP contribution in [-0.2, 0) is 11.2 Å². The van der Waals surface area contributed by atoms with E-state index in [2.05, 4.69) is 5.32 Å². The zero-order chi connectivity index (χ0) is 11.5. The van der Waals surface area contributed by atoms with Gasteiger partial charge in [0.05, 0.1) is 13.2 Å². The molecule has 86 valence electrons. The summed E-state index contributed by atoms with van der Waals surface area (Å²) in [6.07, 6.45) is -0.996. The van der Waals surface area contributed by atoms with Gasteiger partial charge in [0.2, 0.25) is 0 Å². The molecular weight excluding hydrogens is 213 g/mol. The summed E-state index contributed by atoms with van der Waals surface area (Å²) in [4.78, 5) is 10.4. The third-order valence-corrected chi connectivity index (χ3v) is 2.59. The van der Waals surface area contributed by atoms with Crippen LogP contribution in [0.3, 0.4) is 0 Å². The summed E-state index contributed by atoms with van der Waals surface area (Å²) in [7, 11) is 0. The van der Waals surface area contributed by atoms with Gasteiger partial charge in [-0.3, -0.25) is 0 Å². The van der Waals surface area contributed by atoms with Crippen molar-refractivity contribution >= 4 is 6.09 Å². The Balaban J connectivity index is 2.21. The van der Waals surface area contributed by atoms with Gasteiger partial charge in [0.15, 0.2) is 0 Å². The molecule has 0 spiro atoms. The highest BCUT2D eigenvalue weighted by molar-refractivity contribution is 5.64. The molecule has 5 heteroatoms. The van der Waals surface area contributed by atoms with E-state index < -0.39 is 12.2 Å². The first-order chi connectivity index (χ1) is 7.68. The van der Waals surface area contributed by atoms with Crippen molar-refractivity contribution < 1.29 is 19.0 Å². The summed E-state index contributed by atoms with van der Waals surface area (Å²) in [5, 5.41) is 10.7. The van der Waals surface area contributed by atoms with Crippen molar-refractivity contribution in [1.29, 1.82) is 0 Å². The van der Waals surface area contributed by atoms with Gasteiger partial charge in [-0.15, -0.1) is 0 Å². The van der Waals surface area contributed by atoms with Crippen molar-refractivity contribution in [2.24, 2.45) is 0 Å². The minimum atomic E-state index is -1.13. The fraction of sp³-hybridized carbons (Fsp3) is 0.364. The number of carbonyl (C=O) groups is 1. The molecule has 1 aliphatic heterocycles. The van der Waals surface area contributed by atoms with E-state index in [-0.39, 0.29) is 12.4 Å². The average Bonchev–Trinajstić information content (AvgIpc) is 2.26. The predicted molar refractivity (Wildman–Crippen MR) is 54.8 cm³/mol. The number of halogens is 1. The van der Waals surface area contributed by atoms with Crippen molar-refractivity contribution in [3.8, 4) is 0 Å². The summed E-state index contributed by atoms with van der Waals surface area (Å²) in [5.41, 5.74) is 1.37. The van der Waals surface area contributed by atoms with E-state index in [1.165, 1.54) is 6.07 Å². The van der Waals surface area contributed by atoms with Crippen molar-refractivity contribution in [1.82, 2.24) is 5.32 Å². The van der Waals surface area contributed by atoms with E-state index in [9.17, 15) is 9.18 Å². The molecule has 0 radical (unpaired) electrons. The maximum atomic E-state index is 13.6. The van der Waals surface area contributed by atoms with Gasteiger partial charge in [0, 0.05) is 5.56 Å². The van der Waals surface area contributed by atoms with Gasteiger partial charge in [0.25, 0.3) is 0 Å². The van der Waals surface area contributed by atoms with Crippen molar-refractivity contribution in [2.45, 2.75) is 12.5 Å². The van der Waals surface area contributed by atoms with Crippen LogP contribution in [0.4, 0.5) is 9.18 Å².